The molecule has 0 unspecified atom stereocenters. The molecule has 0 fully saturated rings. The van der Waals surface area contributed by atoms with Crippen molar-refractivity contribution in [2.75, 3.05) is 38.2 Å². The molecule has 0 aromatic carbocycles. The van der Waals surface area contributed by atoms with Crippen molar-refractivity contribution in [1.82, 2.24) is 0 Å². The molecule has 0 aromatic rings. The third-order valence-electron chi connectivity index (χ3n) is 0.945. The van der Waals surface area contributed by atoms with Crippen LogP contribution in [0.4, 0.5) is 0 Å². The van der Waals surface area contributed by atoms with E-state index in [9.17, 15) is 0 Å². The van der Waals surface area contributed by atoms with Crippen molar-refractivity contribution in [2.45, 2.75) is 12.8 Å². The zero-order valence-electron chi connectivity index (χ0n) is 7.72. The number of aliphatic hydroxyl groups is 2. The first kappa shape index (κ1) is 15.9. The second kappa shape index (κ2) is 18.3. The number of ether oxygens (including phenoxy) is 1. The molecule has 0 atom stereocenters. The molecular formula is C8H18Cl2O3. The fourth-order valence-corrected chi connectivity index (χ4v) is 0.634. The molecule has 82 valence electrons. The van der Waals surface area contributed by atoms with Crippen molar-refractivity contribution < 1.29 is 14.9 Å². The summed E-state index contributed by atoms with van der Waals surface area (Å²) >= 11 is 10.8. The van der Waals surface area contributed by atoms with Crippen LogP contribution in [-0.4, -0.2) is 48.4 Å². The number of hydrogen-bond donors (Lipinski definition) is 2. The molecule has 0 rings (SSSR count). The number of rotatable bonds is 7. The average molecular weight is 233 g/mol. The predicted molar refractivity (Wildman–Crippen MR) is 55.7 cm³/mol. The van der Waals surface area contributed by atoms with Crippen molar-refractivity contribution >= 4 is 23.2 Å². The highest BCUT2D eigenvalue weighted by Gasteiger charge is 1.85. The third kappa shape index (κ3) is 24.5. The Labute approximate surface area is 89.6 Å². The Kier molecular flexibility index (Phi) is 22.4. The van der Waals surface area contributed by atoms with Crippen molar-refractivity contribution in [2.24, 2.45) is 0 Å². The molecule has 0 aliphatic rings. The minimum Gasteiger partial charge on any atom is -0.394 e. The first-order chi connectivity index (χ1) is 6.33. The minimum absolute atomic E-state index is 0.125. The van der Waals surface area contributed by atoms with E-state index in [1.807, 2.05) is 0 Å². The average Bonchev–Trinajstić information content (AvgIpc) is 2.18. The Morgan fingerprint density at radius 3 is 1.46 bits per heavy atom. The van der Waals surface area contributed by atoms with Crippen LogP contribution in [0.15, 0.2) is 0 Å². The molecule has 5 heteroatoms. The van der Waals surface area contributed by atoms with Gasteiger partial charge in [0.05, 0.1) is 13.2 Å². The lowest BCUT2D eigenvalue weighted by molar-refractivity contribution is 0.136. The van der Waals surface area contributed by atoms with E-state index >= 15 is 0 Å². The van der Waals surface area contributed by atoms with Crippen molar-refractivity contribution in [1.29, 1.82) is 0 Å². The Morgan fingerprint density at radius 2 is 1.23 bits per heavy atom. The summed E-state index contributed by atoms with van der Waals surface area (Å²) in [6.07, 6.45) is 1.87. The third-order valence-corrected chi connectivity index (χ3v) is 1.48. The first-order valence-electron chi connectivity index (χ1n) is 4.24. The van der Waals surface area contributed by atoms with Crippen LogP contribution < -0.4 is 0 Å². The molecule has 0 aliphatic heterocycles. The fraction of sp³-hybridized carbons (Fsp3) is 1.00. The lowest BCUT2D eigenvalue weighted by Gasteiger charge is -1.98. The quantitative estimate of drug-likeness (QED) is 0.513. The first-order valence-corrected chi connectivity index (χ1v) is 5.31. The molecule has 0 saturated carbocycles. The van der Waals surface area contributed by atoms with Gasteiger partial charge in [-0.25, -0.2) is 0 Å². The van der Waals surface area contributed by atoms with Gasteiger partial charge in [-0.15, -0.1) is 23.2 Å². The lowest BCUT2D eigenvalue weighted by Crippen LogP contribution is -1.97. The van der Waals surface area contributed by atoms with E-state index in [1.165, 1.54) is 0 Å². The monoisotopic (exact) mass is 232 g/mol. The second-order valence-corrected chi connectivity index (χ2v) is 2.90. The zero-order valence-corrected chi connectivity index (χ0v) is 9.23. The van der Waals surface area contributed by atoms with Crippen LogP contribution >= 0.6 is 23.2 Å². The summed E-state index contributed by atoms with van der Waals surface area (Å²) in [5, 5.41) is 15.2. The van der Waals surface area contributed by atoms with Gasteiger partial charge in [0, 0.05) is 25.0 Å². The number of hydrogen-bond acceptors (Lipinski definition) is 3. The molecule has 0 aliphatic carbocycles. The molecule has 0 saturated heterocycles. The highest BCUT2D eigenvalue weighted by molar-refractivity contribution is 6.18. The van der Waals surface area contributed by atoms with Crippen LogP contribution in [0, 0.1) is 0 Å². The summed E-state index contributed by atoms with van der Waals surface area (Å²) in [5.74, 6) is 1.36. The molecule has 3 nitrogen and oxygen atoms in total. The largest absolute Gasteiger partial charge is 0.394 e. The van der Waals surface area contributed by atoms with Gasteiger partial charge in [0.25, 0.3) is 0 Å². The number of alkyl halides is 2. The van der Waals surface area contributed by atoms with E-state index in [1.54, 1.807) is 0 Å². The van der Waals surface area contributed by atoms with E-state index in [2.05, 4.69) is 0 Å². The van der Waals surface area contributed by atoms with Gasteiger partial charge in [-0.05, 0) is 12.8 Å². The van der Waals surface area contributed by atoms with Crippen LogP contribution in [0.3, 0.4) is 0 Å². The maximum absolute atomic E-state index is 7.62. The summed E-state index contributed by atoms with van der Waals surface area (Å²) in [6.45, 7) is 1.28. The number of aliphatic hydroxyl groups excluding tert-OH is 2. The van der Waals surface area contributed by atoms with E-state index in [-0.39, 0.29) is 13.2 Å². The zero-order chi connectivity index (χ0) is 10.4. The van der Waals surface area contributed by atoms with Crippen LogP contribution in [0.1, 0.15) is 12.8 Å². The summed E-state index contributed by atoms with van der Waals surface area (Å²) < 4.78 is 5.15. The van der Waals surface area contributed by atoms with Crippen LogP contribution in [0.25, 0.3) is 0 Å². The molecule has 0 spiro atoms. The van der Waals surface area contributed by atoms with E-state index in [4.69, 9.17) is 38.2 Å². The maximum atomic E-state index is 7.62. The van der Waals surface area contributed by atoms with E-state index in [0.717, 1.165) is 26.1 Å². The molecule has 0 amide bonds. The molecule has 0 aromatic heterocycles. The van der Waals surface area contributed by atoms with Gasteiger partial charge < -0.3 is 14.9 Å². The van der Waals surface area contributed by atoms with Crippen LogP contribution in [0.5, 0.6) is 0 Å². The van der Waals surface area contributed by atoms with Gasteiger partial charge in [0.1, 0.15) is 0 Å². The Bertz CT molecular complexity index is 66.4. The molecule has 0 bridgehead atoms. The van der Waals surface area contributed by atoms with Gasteiger partial charge in [-0.2, -0.15) is 0 Å². The highest BCUT2D eigenvalue weighted by Crippen LogP contribution is 1.89. The van der Waals surface area contributed by atoms with Gasteiger partial charge in [-0.1, -0.05) is 0 Å². The normalized spacial score (nSPS) is 9.23. The SMILES string of the molecule is ClCCCOCCCCl.OCCO. The second-order valence-electron chi connectivity index (χ2n) is 2.14. The van der Waals surface area contributed by atoms with Gasteiger partial charge in [0.15, 0.2) is 0 Å². The summed E-state index contributed by atoms with van der Waals surface area (Å²) in [7, 11) is 0. The topological polar surface area (TPSA) is 49.7 Å². The smallest absolute Gasteiger partial charge is 0.0662 e. The van der Waals surface area contributed by atoms with Gasteiger partial charge >= 0.3 is 0 Å². The highest BCUT2D eigenvalue weighted by atomic mass is 35.5. The van der Waals surface area contributed by atoms with Crippen molar-refractivity contribution in [3.8, 4) is 0 Å². The number of halogens is 2. The Balaban J connectivity index is 0. The molecule has 0 heterocycles. The van der Waals surface area contributed by atoms with E-state index in [0.29, 0.717) is 11.8 Å². The minimum atomic E-state index is -0.125. The fourth-order valence-electron chi connectivity index (χ4n) is 0.415. The van der Waals surface area contributed by atoms with Crippen LogP contribution in [0.2, 0.25) is 0 Å². The Morgan fingerprint density at radius 1 is 0.846 bits per heavy atom. The van der Waals surface area contributed by atoms with Gasteiger partial charge in [0.2, 0.25) is 0 Å². The molecule has 13 heavy (non-hydrogen) atoms. The lowest BCUT2D eigenvalue weighted by atomic mass is 10.5. The molecule has 2 N–H and O–H groups in total. The predicted octanol–water partition coefficient (Wildman–Crippen LogP) is 1.23. The van der Waals surface area contributed by atoms with Crippen molar-refractivity contribution in [3.63, 3.8) is 0 Å². The summed E-state index contributed by atoms with van der Waals surface area (Å²) in [6, 6.07) is 0. The van der Waals surface area contributed by atoms with Crippen molar-refractivity contribution in [3.05, 3.63) is 0 Å². The Hall–Kier alpha value is 0.460. The van der Waals surface area contributed by atoms with Gasteiger partial charge in [-0.3, -0.25) is 0 Å². The molecule has 0 radical (unpaired) electrons. The van der Waals surface area contributed by atoms with E-state index < -0.39 is 0 Å². The van der Waals surface area contributed by atoms with Crippen LogP contribution in [-0.2, 0) is 4.74 Å². The summed E-state index contributed by atoms with van der Waals surface area (Å²) in [4.78, 5) is 0. The molecular weight excluding hydrogens is 215 g/mol. The standard InChI is InChI=1S/C6H12Cl2O.C2H6O2/c7-3-1-5-9-6-2-4-8;3-1-2-4/h1-6H2;3-4H,1-2H2. The maximum Gasteiger partial charge on any atom is 0.0662 e. The summed E-state index contributed by atoms with van der Waals surface area (Å²) in [5.41, 5.74) is 0.